The molecule has 0 aliphatic carbocycles. The highest BCUT2D eigenvalue weighted by atomic mass is 35.5. The first-order chi connectivity index (χ1) is 15.0. The molecule has 0 aliphatic heterocycles. The van der Waals surface area contributed by atoms with Gasteiger partial charge in [0.25, 0.3) is 5.91 Å². The fraction of sp³-hybridized carbons (Fsp3) is 0.238. The molecular formula is C21H20ClFN2O6S. The van der Waals surface area contributed by atoms with E-state index < -0.39 is 45.9 Å². The Balaban J connectivity index is 1.88. The number of rotatable bonds is 7. The van der Waals surface area contributed by atoms with E-state index >= 15 is 0 Å². The maximum Gasteiger partial charge on any atom is 0.319 e. The fourth-order valence-electron chi connectivity index (χ4n) is 3.37. The Hall–Kier alpha value is -2.95. The summed E-state index contributed by atoms with van der Waals surface area (Å²) in [5.41, 5.74) is 1.49. The lowest BCUT2D eigenvalue weighted by Crippen LogP contribution is -2.32. The summed E-state index contributed by atoms with van der Waals surface area (Å²) in [6.45, 7) is 1.08. The number of aliphatic carboxylic acids is 1. The predicted octanol–water partition coefficient (Wildman–Crippen LogP) is 2.60. The smallest absolute Gasteiger partial charge is 0.319 e. The van der Waals surface area contributed by atoms with Gasteiger partial charge in [0, 0.05) is 12.4 Å². The summed E-state index contributed by atoms with van der Waals surface area (Å²) in [4.78, 5) is 23.4. The molecule has 8 nitrogen and oxygen atoms in total. The molecule has 0 spiro atoms. The first-order valence-electron chi connectivity index (χ1n) is 9.36. The Labute approximate surface area is 188 Å². The SMILES string of the molecule is Cc1cc2c(cc(C(=O)NC(CO)c3ccc(S(=O)(=O)CC(=O)O)cc3)n2C)c(Cl)c1F. The Morgan fingerprint density at radius 3 is 2.41 bits per heavy atom. The zero-order valence-corrected chi connectivity index (χ0v) is 18.7. The zero-order valence-electron chi connectivity index (χ0n) is 17.1. The van der Waals surface area contributed by atoms with Crippen molar-refractivity contribution in [1.82, 2.24) is 9.88 Å². The number of aryl methyl sites for hydroxylation is 2. The van der Waals surface area contributed by atoms with Crippen molar-refractivity contribution in [1.29, 1.82) is 0 Å². The van der Waals surface area contributed by atoms with Crippen LogP contribution in [0.5, 0.6) is 0 Å². The monoisotopic (exact) mass is 482 g/mol. The quantitative estimate of drug-likeness (QED) is 0.475. The van der Waals surface area contributed by atoms with Crippen LogP contribution in [-0.4, -0.2) is 47.4 Å². The van der Waals surface area contributed by atoms with E-state index in [9.17, 15) is 27.5 Å². The molecular weight excluding hydrogens is 463 g/mol. The van der Waals surface area contributed by atoms with Gasteiger partial charge in [0.15, 0.2) is 15.6 Å². The van der Waals surface area contributed by atoms with Crippen LogP contribution in [0.3, 0.4) is 0 Å². The largest absolute Gasteiger partial charge is 0.480 e. The number of nitrogens with one attached hydrogen (secondary N) is 1. The van der Waals surface area contributed by atoms with Crippen molar-refractivity contribution in [3.8, 4) is 0 Å². The second kappa shape index (κ2) is 8.89. The van der Waals surface area contributed by atoms with Gasteiger partial charge in [0.2, 0.25) is 0 Å². The maximum absolute atomic E-state index is 14.1. The van der Waals surface area contributed by atoms with Crippen molar-refractivity contribution in [3.05, 3.63) is 64.1 Å². The molecule has 1 heterocycles. The molecule has 1 atom stereocenters. The number of sulfone groups is 1. The summed E-state index contributed by atoms with van der Waals surface area (Å²) in [5, 5.41) is 21.4. The predicted molar refractivity (Wildman–Crippen MR) is 116 cm³/mol. The number of carboxylic acid groups (broad SMARTS) is 1. The molecule has 0 saturated heterocycles. The van der Waals surface area contributed by atoms with Crippen LogP contribution in [0.2, 0.25) is 5.02 Å². The topological polar surface area (TPSA) is 126 Å². The summed E-state index contributed by atoms with van der Waals surface area (Å²) in [6, 6.07) is 7.35. The summed E-state index contributed by atoms with van der Waals surface area (Å²) >= 11 is 6.09. The standard InChI is InChI=1S/C21H20ClFN2O6S/c1-11-7-16-14(19(22)20(11)23)8-17(25(16)2)21(29)24-15(9-26)12-3-5-13(6-4-12)32(30,31)10-18(27)28/h3-8,15,26H,9-10H2,1-2H3,(H,24,29)(H,27,28). The number of halogens is 2. The number of aliphatic hydroxyl groups is 1. The molecule has 0 bridgehead atoms. The van der Waals surface area contributed by atoms with Crippen molar-refractivity contribution in [3.63, 3.8) is 0 Å². The maximum atomic E-state index is 14.1. The van der Waals surface area contributed by atoms with Crippen LogP contribution in [0.15, 0.2) is 41.3 Å². The molecule has 0 aliphatic rings. The highest BCUT2D eigenvalue weighted by Gasteiger charge is 2.23. The van der Waals surface area contributed by atoms with Crippen molar-refractivity contribution < 1.29 is 32.6 Å². The number of aromatic nitrogens is 1. The fourth-order valence-corrected chi connectivity index (χ4v) is 4.71. The minimum absolute atomic E-state index is 0.0912. The van der Waals surface area contributed by atoms with Crippen LogP contribution < -0.4 is 5.32 Å². The third-order valence-electron chi connectivity index (χ3n) is 5.08. The number of amides is 1. The molecule has 2 aromatic carbocycles. The van der Waals surface area contributed by atoms with E-state index in [0.29, 0.717) is 22.0 Å². The van der Waals surface area contributed by atoms with Gasteiger partial charge in [-0.1, -0.05) is 23.7 Å². The van der Waals surface area contributed by atoms with Gasteiger partial charge in [-0.2, -0.15) is 0 Å². The first-order valence-corrected chi connectivity index (χ1v) is 11.4. The van der Waals surface area contributed by atoms with Gasteiger partial charge in [-0.3, -0.25) is 9.59 Å². The summed E-state index contributed by atoms with van der Waals surface area (Å²) in [5.74, 6) is -3.64. The number of hydrogen-bond acceptors (Lipinski definition) is 5. The molecule has 0 fully saturated rings. The minimum Gasteiger partial charge on any atom is -0.480 e. The zero-order chi connectivity index (χ0) is 23.8. The van der Waals surface area contributed by atoms with E-state index in [1.807, 2.05) is 0 Å². The second-order valence-electron chi connectivity index (χ2n) is 7.27. The molecule has 1 aromatic heterocycles. The lowest BCUT2D eigenvalue weighted by molar-refractivity contribution is -0.134. The lowest BCUT2D eigenvalue weighted by Gasteiger charge is -2.17. The van der Waals surface area contributed by atoms with Crippen LogP contribution in [0.4, 0.5) is 4.39 Å². The molecule has 3 rings (SSSR count). The summed E-state index contributed by atoms with van der Waals surface area (Å²) < 4.78 is 39.7. The molecule has 3 N–H and O–H groups in total. The first kappa shape index (κ1) is 23.7. The Morgan fingerprint density at radius 2 is 1.84 bits per heavy atom. The van der Waals surface area contributed by atoms with Crippen LogP contribution in [0, 0.1) is 12.7 Å². The molecule has 1 unspecified atom stereocenters. The van der Waals surface area contributed by atoms with Crippen LogP contribution in [0.1, 0.15) is 27.7 Å². The van der Waals surface area contributed by atoms with Crippen LogP contribution in [0.25, 0.3) is 10.9 Å². The van der Waals surface area contributed by atoms with Crippen molar-refractivity contribution in [2.75, 3.05) is 12.4 Å². The van der Waals surface area contributed by atoms with Crippen molar-refractivity contribution >= 4 is 44.2 Å². The van der Waals surface area contributed by atoms with Crippen LogP contribution in [-0.2, 0) is 21.7 Å². The van der Waals surface area contributed by atoms with E-state index in [-0.39, 0.29) is 15.6 Å². The average Bonchev–Trinajstić information content (AvgIpc) is 3.06. The van der Waals surface area contributed by atoms with E-state index in [2.05, 4.69) is 5.32 Å². The van der Waals surface area contributed by atoms with Crippen molar-refractivity contribution in [2.45, 2.75) is 17.9 Å². The Kier molecular flexibility index (Phi) is 6.59. The second-order valence-corrected chi connectivity index (χ2v) is 9.64. The molecule has 170 valence electrons. The van der Waals surface area contributed by atoms with Gasteiger partial charge >= 0.3 is 5.97 Å². The van der Waals surface area contributed by atoms with Gasteiger partial charge < -0.3 is 20.1 Å². The van der Waals surface area contributed by atoms with Gasteiger partial charge in [-0.05, 0) is 42.3 Å². The third-order valence-corrected chi connectivity index (χ3v) is 7.07. The number of hydrogen-bond donors (Lipinski definition) is 3. The molecule has 1 amide bonds. The number of benzene rings is 2. The number of fused-ring (bicyclic) bond motifs is 1. The number of nitrogens with zero attached hydrogens (tertiary/aromatic N) is 1. The van der Waals surface area contributed by atoms with Gasteiger partial charge in [0.05, 0.1) is 28.1 Å². The number of carbonyl (C=O) groups excluding carboxylic acids is 1. The third kappa shape index (κ3) is 4.47. The molecule has 0 radical (unpaired) electrons. The van der Waals surface area contributed by atoms with E-state index in [1.54, 1.807) is 24.6 Å². The molecule has 0 saturated carbocycles. The van der Waals surface area contributed by atoms with Gasteiger partial charge in [-0.15, -0.1) is 0 Å². The molecule has 11 heteroatoms. The number of carboxylic acids is 1. The normalized spacial score (nSPS) is 12.7. The minimum atomic E-state index is -4.00. The summed E-state index contributed by atoms with van der Waals surface area (Å²) in [7, 11) is -2.38. The average molecular weight is 483 g/mol. The lowest BCUT2D eigenvalue weighted by atomic mass is 10.1. The number of carbonyl (C=O) groups is 2. The Bertz CT molecular complexity index is 1320. The highest BCUT2D eigenvalue weighted by molar-refractivity contribution is 7.92. The van der Waals surface area contributed by atoms with Gasteiger partial charge in [0.1, 0.15) is 11.5 Å². The molecule has 32 heavy (non-hydrogen) atoms. The van der Waals surface area contributed by atoms with Gasteiger partial charge in [-0.25, -0.2) is 12.8 Å². The van der Waals surface area contributed by atoms with E-state index in [1.165, 1.54) is 30.3 Å². The van der Waals surface area contributed by atoms with Crippen LogP contribution >= 0.6 is 11.6 Å². The van der Waals surface area contributed by atoms with Crippen molar-refractivity contribution in [2.24, 2.45) is 7.05 Å². The molecule has 3 aromatic rings. The van der Waals surface area contributed by atoms with E-state index in [0.717, 1.165) is 0 Å². The Morgan fingerprint density at radius 1 is 1.22 bits per heavy atom. The summed E-state index contributed by atoms with van der Waals surface area (Å²) in [6.07, 6.45) is 0. The highest BCUT2D eigenvalue weighted by Crippen LogP contribution is 2.31. The number of aliphatic hydroxyl groups excluding tert-OH is 1. The van der Waals surface area contributed by atoms with E-state index in [4.69, 9.17) is 16.7 Å².